The molecule has 1 aromatic heterocycles. The lowest BCUT2D eigenvalue weighted by Gasteiger charge is -2.27. The average molecular weight is 629 g/mol. The molecule has 0 fully saturated rings. The molecule has 0 saturated heterocycles. The zero-order valence-corrected chi connectivity index (χ0v) is 26.8. The van der Waals surface area contributed by atoms with Gasteiger partial charge in [-0.1, -0.05) is 37.6 Å². The first-order valence-electron chi connectivity index (χ1n) is 13.7. The molecule has 0 spiro atoms. The maximum atomic E-state index is 11.9. The van der Waals surface area contributed by atoms with Crippen LogP contribution in [0, 0.1) is 11.3 Å². The highest BCUT2D eigenvalue weighted by Crippen LogP contribution is 2.38. The zero-order valence-electron chi connectivity index (χ0n) is 25.2. The number of aromatic nitrogens is 2. The number of carbonyl (C=O) groups excluding carboxylic acids is 1. The summed E-state index contributed by atoms with van der Waals surface area (Å²) in [6, 6.07) is 14.9. The van der Waals surface area contributed by atoms with Crippen molar-refractivity contribution >= 4 is 33.5 Å². The number of hydrogen-bond acceptors (Lipinski definition) is 9. The zero-order chi connectivity index (χ0) is 31.8. The molecule has 0 bridgehead atoms. The fraction of sp³-hybridized carbons (Fsp3) is 0.419. The Hall–Kier alpha value is -3.88. The number of rotatable bonds is 13. The molecule has 12 heteroatoms. The average Bonchev–Trinajstić information content (AvgIpc) is 2.90. The summed E-state index contributed by atoms with van der Waals surface area (Å²) in [6.07, 6.45) is 3.98. The van der Waals surface area contributed by atoms with E-state index in [1.54, 1.807) is 18.2 Å². The maximum absolute atomic E-state index is 11.9. The SMILES string of the molecule is CC(C)(C)OC(=O)CCCCOc1c(Cl)cc(C(C)(C)c2ccc(OCc3ccnc(NS(C)(=O)=O)n3)cc2)cc1C#N. The molecule has 2 aromatic carbocycles. The van der Waals surface area contributed by atoms with E-state index in [2.05, 4.69) is 20.8 Å². The summed E-state index contributed by atoms with van der Waals surface area (Å²) in [7, 11) is -3.49. The van der Waals surface area contributed by atoms with E-state index in [0.29, 0.717) is 53.6 Å². The number of nitrogens with one attached hydrogen (secondary N) is 1. The van der Waals surface area contributed by atoms with Crippen LogP contribution < -0.4 is 14.2 Å². The van der Waals surface area contributed by atoms with Crippen molar-refractivity contribution in [1.82, 2.24) is 9.97 Å². The Labute approximate surface area is 258 Å². The summed E-state index contributed by atoms with van der Waals surface area (Å²) >= 11 is 6.60. The van der Waals surface area contributed by atoms with E-state index in [9.17, 15) is 18.5 Å². The van der Waals surface area contributed by atoms with Crippen LogP contribution in [0.5, 0.6) is 11.5 Å². The molecule has 1 N–H and O–H groups in total. The summed E-state index contributed by atoms with van der Waals surface area (Å²) in [6.45, 7) is 9.99. The fourth-order valence-electron chi connectivity index (χ4n) is 4.11. The summed E-state index contributed by atoms with van der Waals surface area (Å²) in [5.41, 5.74) is 1.63. The van der Waals surface area contributed by atoms with E-state index in [1.165, 1.54) is 6.20 Å². The number of sulfonamides is 1. The third kappa shape index (κ3) is 10.4. The van der Waals surface area contributed by atoms with Gasteiger partial charge in [-0.05, 0) is 75.1 Å². The molecule has 0 saturated carbocycles. The Balaban J connectivity index is 1.63. The third-order valence-electron chi connectivity index (χ3n) is 6.28. The third-order valence-corrected chi connectivity index (χ3v) is 7.11. The van der Waals surface area contributed by atoms with E-state index in [1.807, 2.05) is 58.9 Å². The quantitative estimate of drug-likeness (QED) is 0.174. The van der Waals surface area contributed by atoms with Gasteiger partial charge in [0, 0.05) is 18.0 Å². The normalized spacial score (nSPS) is 11.9. The highest BCUT2D eigenvalue weighted by molar-refractivity contribution is 7.91. The summed E-state index contributed by atoms with van der Waals surface area (Å²) in [4.78, 5) is 19.9. The molecule has 3 rings (SSSR count). The highest BCUT2D eigenvalue weighted by Gasteiger charge is 2.26. The maximum Gasteiger partial charge on any atom is 0.306 e. The lowest BCUT2D eigenvalue weighted by Crippen LogP contribution is -2.23. The minimum absolute atomic E-state index is 0.0225. The number of anilines is 1. The molecular weight excluding hydrogens is 592 g/mol. The number of nitriles is 1. The van der Waals surface area contributed by atoms with Gasteiger partial charge in [-0.15, -0.1) is 0 Å². The van der Waals surface area contributed by atoms with Crippen LogP contribution in [-0.4, -0.2) is 42.8 Å². The first kappa shape index (κ1) is 33.6. The Morgan fingerprint density at radius 1 is 1.02 bits per heavy atom. The minimum Gasteiger partial charge on any atom is -0.491 e. The standard InChI is InChI=1S/C31H37ClN4O6S/c1-30(2,3)42-27(37)9-7-8-16-40-28-21(19-33)17-23(18-26(28)32)31(4,5)22-10-12-25(13-11-22)41-20-24-14-15-34-29(35-24)36-43(6,38)39/h10-15,17-18H,7-9,16,20H2,1-6H3,(H,34,35,36). The Bertz CT molecular complexity index is 1580. The van der Waals surface area contributed by atoms with E-state index < -0.39 is 21.0 Å². The van der Waals surface area contributed by atoms with Crippen LogP contribution in [0.15, 0.2) is 48.7 Å². The van der Waals surface area contributed by atoms with Crippen molar-refractivity contribution in [2.75, 3.05) is 17.6 Å². The largest absolute Gasteiger partial charge is 0.491 e. The molecule has 0 aliphatic heterocycles. The Kier molecular flexibility index (Phi) is 11.0. The Morgan fingerprint density at radius 2 is 1.72 bits per heavy atom. The second-order valence-electron chi connectivity index (χ2n) is 11.5. The van der Waals surface area contributed by atoms with Crippen LogP contribution in [0.25, 0.3) is 0 Å². The Morgan fingerprint density at radius 3 is 2.35 bits per heavy atom. The van der Waals surface area contributed by atoms with Crippen LogP contribution in [0.1, 0.15) is 76.3 Å². The molecular formula is C31H37ClN4O6S. The minimum atomic E-state index is -3.49. The number of halogens is 1. The van der Waals surface area contributed by atoms with Gasteiger partial charge >= 0.3 is 5.97 Å². The van der Waals surface area contributed by atoms with Gasteiger partial charge in [-0.2, -0.15) is 5.26 Å². The lowest BCUT2D eigenvalue weighted by atomic mass is 9.77. The van der Waals surface area contributed by atoms with Crippen molar-refractivity contribution in [3.05, 3.63) is 76.1 Å². The first-order chi connectivity index (χ1) is 20.1. The molecule has 0 amide bonds. The van der Waals surface area contributed by atoms with Gasteiger partial charge in [0.15, 0.2) is 5.75 Å². The molecule has 0 radical (unpaired) electrons. The van der Waals surface area contributed by atoms with Crippen LogP contribution in [0.3, 0.4) is 0 Å². The van der Waals surface area contributed by atoms with Crippen molar-refractivity contribution in [3.8, 4) is 17.6 Å². The number of carbonyl (C=O) groups is 1. The summed E-state index contributed by atoms with van der Waals surface area (Å²) in [5, 5.41) is 10.2. The first-order valence-corrected chi connectivity index (χ1v) is 16.0. The lowest BCUT2D eigenvalue weighted by molar-refractivity contribution is -0.154. The fourth-order valence-corrected chi connectivity index (χ4v) is 4.81. The van der Waals surface area contributed by atoms with Crippen molar-refractivity contribution in [1.29, 1.82) is 5.26 Å². The number of unbranched alkanes of at least 4 members (excludes halogenated alkanes) is 1. The molecule has 1 heterocycles. The van der Waals surface area contributed by atoms with Gasteiger partial charge in [-0.25, -0.2) is 18.4 Å². The molecule has 3 aromatic rings. The number of ether oxygens (including phenoxy) is 3. The molecule has 0 unspecified atom stereocenters. The number of hydrogen-bond donors (Lipinski definition) is 1. The van der Waals surface area contributed by atoms with Crippen molar-refractivity contribution < 1.29 is 27.4 Å². The number of benzene rings is 2. The smallest absolute Gasteiger partial charge is 0.306 e. The highest BCUT2D eigenvalue weighted by atomic mass is 35.5. The molecule has 0 aliphatic rings. The van der Waals surface area contributed by atoms with Crippen molar-refractivity contribution in [3.63, 3.8) is 0 Å². The van der Waals surface area contributed by atoms with Gasteiger partial charge in [0.1, 0.15) is 24.0 Å². The molecule has 0 aliphatic carbocycles. The monoisotopic (exact) mass is 628 g/mol. The molecule has 230 valence electrons. The summed E-state index contributed by atoms with van der Waals surface area (Å²) in [5.74, 6) is 0.648. The van der Waals surface area contributed by atoms with Crippen LogP contribution in [0.2, 0.25) is 5.02 Å². The van der Waals surface area contributed by atoms with E-state index >= 15 is 0 Å². The van der Waals surface area contributed by atoms with Gasteiger partial charge in [0.2, 0.25) is 16.0 Å². The second-order valence-corrected chi connectivity index (χ2v) is 13.7. The topological polar surface area (TPSA) is 140 Å². The molecule has 10 nitrogen and oxygen atoms in total. The predicted octanol–water partition coefficient (Wildman–Crippen LogP) is 6.17. The molecule has 0 atom stereocenters. The number of esters is 1. The van der Waals surface area contributed by atoms with E-state index in [4.69, 9.17) is 25.8 Å². The van der Waals surface area contributed by atoms with Crippen LogP contribution in [-0.2, 0) is 31.6 Å². The van der Waals surface area contributed by atoms with E-state index in [-0.39, 0.29) is 18.5 Å². The summed E-state index contributed by atoms with van der Waals surface area (Å²) < 4.78 is 42.1. The van der Waals surface area contributed by atoms with Crippen LogP contribution >= 0.6 is 11.6 Å². The number of nitrogens with zero attached hydrogens (tertiary/aromatic N) is 3. The van der Waals surface area contributed by atoms with Crippen LogP contribution in [0.4, 0.5) is 5.95 Å². The second kappa shape index (κ2) is 14.1. The predicted molar refractivity (Wildman–Crippen MR) is 165 cm³/mol. The van der Waals surface area contributed by atoms with Crippen molar-refractivity contribution in [2.24, 2.45) is 0 Å². The van der Waals surface area contributed by atoms with Gasteiger partial charge in [-0.3, -0.25) is 9.52 Å². The van der Waals surface area contributed by atoms with Gasteiger partial charge in [0.25, 0.3) is 0 Å². The van der Waals surface area contributed by atoms with Gasteiger partial charge in [0.05, 0.1) is 29.1 Å². The van der Waals surface area contributed by atoms with Gasteiger partial charge < -0.3 is 14.2 Å². The van der Waals surface area contributed by atoms with Crippen molar-refractivity contribution in [2.45, 2.75) is 71.5 Å². The van der Waals surface area contributed by atoms with E-state index in [0.717, 1.165) is 17.4 Å². The molecule has 43 heavy (non-hydrogen) atoms.